The van der Waals surface area contributed by atoms with Crippen LogP contribution in [0.3, 0.4) is 0 Å². The number of aryl methyl sites for hydroxylation is 2. The summed E-state index contributed by atoms with van der Waals surface area (Å²) in [4.78, 5) is 2.60. The average Bonchev–Trinajstić information content (AvgIpc) is 4.12. The first-order chi connectivity index (χ1) is 33.3. The molecule has 12 rings (SSSR count). The van der Waals surface area contributed by atoms with Gasteiger partial charge in [-0.1, -0.05) is 125 Å². The maximum absolute atomic E-state index is 6.81. The maximum atomic E-state index is 6.81. The van der Waals surface area contributed by atoms with Gasteiger partial charge in [0.05, 0.1) is 26.4 Å². The molecule has 0 saturated heterocycles. The SMILES string of the molecule is Cc1ccc(OCCCOc2ccc(-c3ccc4c5c3-c3cc(C(C)(C)C)ccc3B5c3cccc5c3N4c3ccc(OCCCOc4ccc(C)o4)c4c3B5c3ccc(C(C)(C)C)cc3-4)cc2)o1. The highest BCUT2D eigenvalue weighted by molar-refractivity contribution is 7.05. The number of fused-ring (bicyclic) bond motifs is 10. The number of benzene rings is 6. The zero-order valence-electron chi connectivity index (χ0n) is 40.9. The quantitative estimate of drug-likeness (QED) is 0.0843. The van der Waals surface area contributed by atoms with Crippen molar-refractivity contribution < 1.29 is 27.8 Å². The lowest BCUT2D eigenvalue weighted by Crippen LogP contribution is -2.62. The molecule has 0 amide bonds. The maximum Gasteiger partial charge on any atom is 0.284 e. The third-order valence-corrected chi connectivity index (χ3v) is 14.6. The van der Waals surface area contributed by atoms with Crippen LogP contribution in [0.25, 0.3) is 33.4 Å². The lowest BCUT2D eigenvalue weighted by Gasteiger charge is -2.42. The highest BCUT2D eigenvalue weighted by atomic mass is 16.6. The van der Waals surface area contributed by atoms with Gasteiger partial charge in [-0.2, -0.15) is 0 Å². The molecule has 0 unspecified atom stereocenters. The molecule has 0 aliphatic carbocycles. The van der Waals surface area contributed by atoms with Gasteiger partial charge >= 0.3 is 0 Å². The van der Waals surface area contributed by atoms with Gasteiger partial charge in [-0.3, -0.25) is 0 Å². The van der Waals surface area contributed by atoms with E-state index in [1.807, 2.05) is 38.1 Å². The van der Waals surface area contributed by atoms with E-state index in [9.17, 15) is 0 Å². The van der Waals surface area contributed by atoms with E-state index in [4.69, 9.17) is 27.8 Å². The molecule has 8 aromatic rings. The van der Waals surface area contributed by atoms with Gasteiger partial charge in [0, 0.05) is 47.6 Å². The van der Waals surface area contributed by atoms with Gasteiger partial charge < -0.3 is 32.7 Å². The molecule has 0 spiro atoms. The van der Waals surface area contributed by atoms with E-state index in [-0.39, 0.29) is 24.3 Å². The summed E-state index contributed by atoms with van der Waals surface area (Å²) in [5.74, 6) is 4.53. The Morgan fingerprint density at radius 2 is 1.00 bits per heavy atom. The van der Waals surface area contributed by atoms with Crippen LogP contribution in [-0.2, 0) is 10.8 Å². The monoisotopic (exact) mass is 909 g/mol. The number of hydrogen-bond donors (Lipinski definition) is 0. The molecular formula is C60H57B2NO6. The summed E-state index contributed by atoms with van der Waals surface area (Å²) in [6.07, 6.45) is 1.47. The predicted octanol–water partition coefficient (Wildman–Crippen LogP) is 10.5. The summed E-state index contributed by atoms with van der Waals surface area (Å²) in [7, 11) is 0. The van der Waals surface area contributed by atoms with Crippen molar-refractivity contribution in [2.75, 3.05) is 31.3 Å². The molecule has 344 valence electrons. The fourth-order valence-electron chi connectivity index (χ4n) is 11.3. The van der Waals surface area contributed by atoms with Gasteiger partial charge in [0.2, 0.25) is 13.4 Å². The van der Waals surface area contributed by atoms with Crippen LogP contribution < -0.4 is 56.6 Å². The molecule has 0 radical (unpaired) electrons. The molecule has 0 atom stereocenters. The number of rotatable bonds is 13. The number of para-hydroxylation sites is 1. The molecule has 7 nitrogen and oxygen atoms in total. The zero-order valence-corrected chi connectivity index (χ0v) is 40.9. The van der Waals surface area contributed by atoms with Crippen LogP contribution in [0.5, 0.6) is 23.4 Å². The van der Waals surface area contributed by atoms with Crippen LogP contribution in [0.4, 0.5) is 17.1 Å². The topological polar surface area (TPSA) is 66.4 Å². The van der Waals surface area contributed by atoms with Crippen LogP contribution in [0.2, 0.25) is 0 Å². The number of nitrogens with zero attached hydrogens (tertiary/aromatic N) is 1. The number of anilines is 3. The minimum absolute atomic E-state index is 0.0165. The third-order valence-electron chi connectivity index (χ3n) is 14.6. The van der Waals surface area contributed by atoms with E-state index < -0.39 is 0 Å². The third kappa shape index (κ3) is 7.26. The zero-order chi connectivity index (χ0) is 47.3. The second-order valence-electron chi connectivity index (χ2n) is 21.2. The van der Waals surface area contributed by atoms with Crippen molar-refractivity contribution in [2.24, 2.45) is 0 Å². The molecule has 0 N–H and O–H groups in total. The Bertz CT molecular complexity index is 3310. The summed E-state index contributed by atoms with van der Waals surface area (Å²) >= 11 is 0. The summed E-state index contributed by atoms with van der Waals surface area (Å²) < 4.78 is 35.9. The molecule has 4 aliphatic rings. The van der Waals surface area contributed by atoms with E-state index in [2.05, 4.69) is 150 Å². The Kier molecular flexibility index (Phi) is 10.2. The van der Waals surface area contributed by atoms with Gasteiger partial charge in [0.25, 0.3) is 11.9 Å². The first kappa shape index (κ1) is 43.3. The van der Waals surface area contributed by atoms with Crippen LogP contribution >= 0.6 is 0 Å². The Morgan fingerprint density at radius 3 is 1.55 bits per heavy atom. The van der Waals surface area contributed by atoms with Crippen LogP contribution in [0.15, 0.2) is 136 Å². The Balaban J connectivity index is 0.954. The predicted molar refractivity (Wildman–Crippen MR) is 282 cm³/mol. The average molecular weight is 910 g/mol. The van der Waals surface area contributed by atoms with Crippen molar-refractivity contribution in [2.45, 2.75) is 79.1 Å². The Morgan fingerprint density at radius 1 is 0.478 bits per heavy atom. The molecule has 9 heteroatoms. The molecule has 6 heterocycles. The van der Waals surface area contributed by atoms with Crippen molar-refractivity contribution in [3.63, 3.8) is 0 Å². The largest absolute Gasteiger partial charge is 0.493 e. The summed E-state index contributed by atoms with van der Waals surface area (Å²) in [6.45, 7) is 19.9. The van der Waals surface area contributed by atoms with Gasteiger partial charge in [0.1, 0.15) is 23.0 Å². The number of hydrogen-bond acceptors (Lipinski definition) is 7. The summed E-state index contributed by atoms with van der Waals surface area (Å²) in [5.41, 5.74) is 22.0. The number of furan rings is 2. The van der Waals surface area contributed by atoms with Crippen LogP contribution in [0.1, 0.15) is 77.0 Å². The van der Waals surface area contributed by atoms with Gasteiger partial charge in [-0.25, -0.2) is 0 Å². The molecule has 6 aromatic carbocycles. The molecule has 4 aliphatic heterocycles. The lowest BCUT2D eigenvalue weighted by atomic mass is 9.32. The Hall–Kier alpha value is -6.99. The molecule has 2 aromatic heterocycles. The van der Waals surface area contributed by atoms with E-state index in [1.54, 1.807) is 0 Å². The van der Waals surface area contributed by atoms with Crippen molar-refractivity contribution >= 4 is 63.3 Å². The number of ether oxygens (including phenoxy) is 4. The van der Waals surface area contributed by atoms with E-state index >= 15 is 0 Å². The highest BCUT2D eigenvalue weighted by Crippen LogP contribution is 2.48. The fourth-order valence-corrected chi connectivity index (χ4v) is 11.3. The normalized spacial score (nSPS) is 13.5. The van der Waals surface area contributed by atoms with Crippen LogP contribution in [-0.4, -0.2) is 39.9 Å². The molecule has 0 saturated carbocycles. The summed E-state index contributed by atoms with van der Waals surface area (Å²) in [6, 6.07) is 47.0. The smallest absolute Gasteiger partial charge is 0.284 e. The molecule has 0 fully saturated rings. The fraction of sp³-hybridized carbons (Fsp3) is 0.267. The van der Waals surface area contributed by atoms with Crippen molar-refractivity contribution in [3.05, 3.63) is 150 Å². The van der Waals surface area contributed by atoms with Crippen molar-refractivity contribution in [1.29, 1.82) is 0 Å². The minimum atomic E-state index is -0.0195. The summed E-state index contributed by atoms with van der Waals surface area (Å²) in [5, 5.41) is 0. The van der Waals surface area contributed by atoms with Gasteiger partial charge in [0.15, 0.2) is 0 Å². The van der Waals surface area contributed by atoms with E-state index in [1.165, 1.54) is 94.3 Å². The van der Waals surface area contributed by atoms with Crippen molar-refractivity contribution in [1.82, 2.24) is 0 Å². The van der Waals surface area contributed by atoms with E-state index in [0.29, 0.717) is 38.3 Å². The van der Waals surface area contributed by atoms with Gasteiger partial charge in [-0.05, 0) is 128 Å². The Labute approximate surface area is 406 Å². The molecule has 69 heavy (non-hydrogen) atoms. The minimum Gasteiger partial charge on any atom is -0.493 e. The standard InChI is InChI=1S/C60H57B2NO6/c1-36-14-28-52(68-36)66-32-10-30-64-41-20-16-38(17-21-41)42-22-25-49-56-54(42)43-34-39(59(3,4)5)18-23-45(43)61(56)47-12-9-13-48-58(47)63(49)50-26-27-51(65-31-11-33-67-53-29-15-37(2)69-53)55-44-35-40(60(6,7)8)19-24-46(44)62(48)57(50)55/h9,12-29,34-35H,10-11,30-33H2,1-8H3. The van der Waals surface area contributed by atoms with E-state index in [0.717, 1.165) is 35.9 Å². The molecular weight excluding hydrogens is 852 g/mol. The first-order valence-electron chi connectivity index (χ1n) is 24.6. The van der Waals surface area contributed by atoms with Gasteiger partial charge in [-0.15, -0.1) is 0 Å². The lowest BCUT2D eigenvalue weighted by molar-refractivity contribution is 0.207. The highest BCUT2D eigenvalue weighted by Gasteiger charge is 2.51. The second kappa shape index (κ2) is 16.3. The van der Waals surface area contributed by atoms with Crippen molar-refractivity contribution in [3.8, 4) is 56.8 Å². The molecule has 0 bridgehead atoms. The first-order valence-corrected chi connectivity index (χ1v) is 24.6. The second-order valence-corrected chi connectivity index (χ2v) is 21.2. The van der Waals surface area contributed by atoms with Crippen LogP contribution in [0, 0.1) is 13.8 Å².